The standard InChI is InChI=1S/C12H11BrN2O/c1-8-6-7-15-12(11(8)14)16-10-5-3-2-4-9(10)13/h2-7H,14H2,1H3. The van der Waals surface area contributed by atoms with E-state index in [0.717, 1.165) is 10.0 Å². The molecular formula is C12H11BrN2O. The molecule has 4 heteroatoms. The van der Waals surface area contributed by atoms with Crippen LogP contribution in [0.4, 0.5) is 5.69 Å². The summed E-state index contributed by atoms with van der Waals surface area (Å²) in [6.07, 6.45) is 1.68. The van der Waals surface area contributed by atoms with Gasteiger partial charge in [-0.2, -0.15) is 0 Å². The quantitative estimate of drug-likeness (QED) is 0.914. The highest BCUT2D eigenvalue weighted by Crippen LogP contribution is 2.31. The fraction of sp³-hybridized carbons (Fsp3) is 0.0833. The first kappa shape index (κ1) is 11.0. The summed E-state index contributed by atoms with van der Waals surface area (Å²) < 4.78 is 6.51. The molecule has 0 amide bonds. The van der Waals surface area contributed by atoms with E-state index < -0.39 is 0 Å². The number of anilines is 1. The van der Waals surface area contributed by atoms with Crippen LogP contribution in [0.2, 0.25) is 0 Å². The zero-order valence-corrected chi connectivity index (χ0v) is 10.4. The maximum atomic E-state index is 5.88. The van der Waals surface area contributed by atoms with Gasteiger partial charge in [0, 0.05) is 6.20 Å². The molecule has 0 radical (unpaired) electrons. The Bertz CT molecular complexity index is 514. The first-order valence-corrected chi connectivity index (χ1v) is 5.61. The number of aryl methyl sites for hydroxylation is 1. The molecule has 0 saturated carbocycles. The molecule has 0 saturated heterocycles. The van der Waals surface area contributed by atoms with E-state index in [4.69, 9.17) is 10.5 Å². The van der Waals surface area contributed by atoms with Gasteiger partial charge < -0.3 is 10.5 Å². The second kappa shape index (κ2) is 4.53. The largest absolute Gasteiger partial charge is 0.436 e. The van der Waals surface area contributed by atoms with Crippen LogP contribution >= 0.6 is 15.9 Å². The summed E-state index contributed by atoms with van der Waals surface area (Å²) in [6, 6.07) is 9.42. The number of nitrogens with two attached hydrogens (primary N) is 1. The molecule has 3 nitrogen and oxygen atoms in total. The van der Waals surface area contributed by atoms with Gasteiger partial charge in [0.15, 0.2) is 0 Å². The molecular weight excluding hydrogens is 268 g/mol. The van der Waals surface area contributed by atoms with Crippen LogP contribution in [0.5, 0.6) is 11.6 Å². The minimum absolute atomic E-state index is 0.437. The van der Waals surface area contributed by atoms with Crippen LogP contribution in [-0.4, -0.2) is 4.98 Å². The third kappa shape index (κ3) is 2.17. The molecule has 0 aliphatic heterocycles. The van der Waals surface area contributed by atoms with Crippen LogP contribution in [-0.2, 0) is 0 Å². The van der Waals surface area contributed by atoms with Crippen LogP contribution in [0.3, 0.4) is 0 Å². The van der Waals surface area contributed by atoms with Crippen molar-refractivity contribution in [2.45, 2.75) is 6.92 Å². The van der Waals surface area contributed by atoms with Crippen molar-refractivity contribution in [3.63, 3.8) is 0 Å². The summed E-state index contributed by atoms with van der Waals surface area (Å²) in [4.78, 5) is 4.11. The number of rotatable bonds is 2. The first-order chi connectivity index (χ1) is 7.68. The number of hydrogen-bond acceptors (Lipinski definition) is 3. The molecule has 82 valence electrons. The van der Waals surface area contributed by atoms with Gasteiger partial charge in [-0.05, 0) is 46.6 Å². The second-order valence-corrected chi connectivity index (χ2v) is 4.23. The number of para-hydroxylation sites is 1. The Morgan fingerprint density at radius 1 is 1.25 bits per heavy atom. The Labute approximate surface area is 102 Å². The van der Waals surface area contributed by atoms with Gasteiger partial charge in [-0.25, -0.2) is 4.98 Å². The maximum absolute atomic E-state index is 5.88. The van der Waals surface area contributed by atoms with Gasteiger partial charge >= 0.3 is 0 Å². The van der Waals surface area contributed by atoms with Crippen LogP contribution < -0.4 is 10.5 Å². The predicted molar refractivity (Wildman–Crippen MR) is 67.6 cm³/mol. The number of benzene rings is 1. The van der Waals surface area contributed by atoms with Gasteiger partial charge in [-0.1, -0.05) is 12.1 Å². The van der Waals surface area contributed by atoms with E-state index in [1.54, 1.807) is 6.20 Å². The molecule has 0 spiro atoms. The molecule has 1 heterocycles. The second-order valence-electron chi connectivity index (χ2n) is 3.38. The molecule has 0 bridgehead atoms. The van der Waals surface area contributed by atoms with Crippen molar-refractivity contribution in [1.82, 2.24) is 4.98 Å². The lowest BCUT2D eigenvalue weighted by molar-refractivity contribution is 0.462. The Morgan fingerprint density at radius 3 is 2.75 bits per heavy atom. The highest BCUT2D eigenvalue weighted by Gasteiger charge is 2.07. The lowest BCUT2D eigenvalue weighted by atomic mass is 10.2. The summed E-state index contributed by atoms with van der Waals surface area (Å²) in [5.41, 5.74) is 7.40. The smallest absolute Gasteiger partial charge is 0.242 e. The van der Waals surface area contributed by atoms with Crippen LogP contribution in [0, 0.1) is 6.92 Å². The molecule has 2 rings (SSSR count). The van der Waals surface area contributed by atoms with Gasteiger partial charge in [-0.3, -0.25) is 0 Å². The van der Waals surface area contributed by atoms with Crippen molar-refractivity contribution in [2.75, 3.05) is 5.73 Å². The highest BCUT2D eigenvalue weighted by molar-refractivity contribution is 9.10. The SMILES string of the molecule is Cc1ccnc(Oc2ccccc2Br)c1N. The van der Waals surface area contributed by atoms with Gasteiger partial charge in [0.05, 0.1) is 10.2 Å². The molecule has 1 aromatic carbocycles. The molecule has 0 aliphatic carbocycles. The Balaban J connectivity index is 2.35. The average molecular weight is 279 g/mol. The minimum atomic E-state index is 0.437. The molecule has 0 unspecified atom stereocenters. The Kier molecular flexibility index (Phi) is 3.10. The minimum Gasteiger partial charge on any atom is -0.436 e. The van der Waals surface area contributed by atoms with E-state index in [2.05, 4.69) is 20.9 Å². The summed E-state index contributed by atoms with van der Waals surface area (Å²) in [7, 11) is 0. The van der Waals surface area contributed by atoms with E-state index in [1.807, 2.05) is 37.3 Å². The van der Waals surface area contributed by atoms with Gasteiger partial charge in [-0.15, -0.1) is 0 Å². The number of nitrogens with zero attached hydrogens (tertiary/aromatic N) is 1. The third-order valence-electron chi connectivity index (χ3n) is 2.21. The third-order valence-corrected chi connectivity index (χ3v) is 2.87. The van der Waals surface area contributed by atoms with Crippen LogP contribution in [0.25, 0.3) is 0 Å². The fourth-order valence-corrected chi connectivity index (χ4v) is 1.62. The topological polar surface area (TPSA) is 48.1 Å². The summed E-state index contributed by atoms with van der Waals surface area (Å²) >= 11 is 3.40. The lowest BCUT2D eigenvalue weighted by Gasteiger charge is -2.09. The normalized spacial score (nSPS) is 10.1. The molecule has 0 atom stereocenters. The zero-order chi connectivity index (χ0) is 11.5. The molecule has 2 aromatic rings. The van der Waals surface area contributed by atoms with Crippen LogP contribution in [0.15, 0.2) is 41.0 Å². The fourth-order valence-electron chi connectivity index (χ4n) is 1.26. The van der Waals surface area contributed by atoms with Crippen molar-refractivity contribution >= 4 is 21.6 Å². The van der Waals surface area contributed by atoms with Crippen molar-refractivity contribution in [1.29, 1.82) is 0 Å². The number of aromatic nitrogens is 1. The van der Waals surface area contributed by atoms with E-state index in [1.165, 1.54) is 0 Å². The number of hydrogen-bond donors (Lipinski definition) is 1. The molecule has 1 aromatic heterocycles. The van der Waals surface area contributed by atoms with Gasteiger partial charge in [0.2, 0.25) is 5.88 Å². The Hall–Kier alpha value is -1.55. The monoisotopic (exact) mass is 278 g/mol. The lowest BCUT2D eigenvalue weighted by Crippen LogP contribution is -1.97. The highest BCUT2D eigenvalue weighted by atomic mass is 79.9. The van der Waals surface area contributed by atoms with E-state index in [0.29, 0.717) is 17.3 Å². The van der Waals surface area contributed by atoms with Crippen molar-refractivity contribution in [3.8, 4) is 11.6 Å². The van der Waals surface area contributed by atoms with Crippen molar-refractivity contribution in [2.24, 2.45) is 0 Å². The molecule has 0 fully saturated rings. The first-order valence-electron chi connectivity index (χ1n) is 4.82. The van der Waals surface area contributed by atoms with Crippen molar-refractivity contribution in [3.05, 3.63) is 46.6 Å². The van der Waals surface area contributed by atoms with Crippen LogP contribution in [0.1, 0.15) is 5.56 Å². The average Bonchev–Trinajstić information content (AvgIpc) is 2.28. The van der Waals surface area contributed by atoms with E-state index >= 15 is 0 Å². The molecule has 2 N–H and O–H groups in total. The van der Waals surface area contributed by atoms with Gasteiger partial charge in [0.25, 0.3) is 0 Å². The number of pyridine rings is 1. The predicted octanol–water partition coefficient (Wildman–Crippen LogP) is 3.53. The maximum Gasteiger partial charge on any atom is 0.242 e. The summed E-state index contributed by atoms with van der Waals surface area (Å²) in [5.74, 6) is 1.14. The zero-order valence-electron chi connectivity index (χ0n) is 8.77. The van der Waals surface area contributed by atoms with Crippen molar-refractivity contribution < 1.29 is 4.74 Å². The van der Waals surface area contributed by atoms with Gasteiger partial charge in [0.1, 0.15) is 5.75 Å². The Morgan fingerprint density at radius 2 is 2.00 bits per heavy atom. The summed E-state index contributed by atoms with van der Waals surface area (Å²) in [5, 5.41) is 0. The van der Waals surface area contributed by atoms with E-state index in [9.17, 15) is 0 Å². The number of ether oxygens (including phenoxy) is 1. The molecule has 0 aliphatic rings. The summed E-state index contributed by atoms with van der Waals surface area (Å²) in [6.45, 7) is 1.92. The molecule has 16 heavy (non-hydrogen) atoms. The van der Waals surface area contributed by atoms with E-state index in [-0.39, 0.29) is 0 Å². The number of nitrogen functional groups attached to an aromatic ring is 1. The number of halogens is 1.